The third-order valence-electron chi connectivity index (χ3n) is 5.54. The second-order valence-electron chi connectivity index (χ2n) is 7.81. The Hall–Kier alpha value is -1.87. The molecule has 0 bridgehead atoms. The molecule has 0 aliphatic carbocycles. The zero-order valence-corrected chi connectivity index (χ0v) is 19.8. The van der Waals surface area contributed by atoms with E-state index < -0.39 is 0 Å². The molecule has 0 unspecified atom stereocenters. The van der Waals surface area contributed by atoms with Gasteiger partial charge in [0.15, 0.2) is 5.16 Å². The Morgan fingerprint density at radius 2 is 2.16 bits per heavy atom. The summed E-state index contributed by atoms with van der Waals surface area (Å²) < 4.78 is 1.85. The molecule has 0 atom stereocenters. The van der Waals surface area contributed by atoms with E-state index in [-0.39, 0.29) is 5.91 Å². The molecule has 1 N–H and O–H groups in total. The van der Waals surface area contributed by atoms with Crippen LogP contribution in [0.15, 0.2) is 47.2 Å². The van der Waals surface area contributed by atoms with Gasteiger partial charge in [0.2, 0.25) is 5.91 Å². The molecule has 31 heavy (non-hydrogen) atoms. The molecule has 9 heteroatoms. The maximum atomic E-state index is 12.4. The van der Waals surface area contributed by atoms with Crippen LogP contribution in [0.2, 0.25) is 5.02 Å². The number of nitrogens with one attached hydrogen (secondary N) is 1. The summed E-state index contributed by atoms with van der Waals surface area (Å²) in [6, 6.07) is 10.1. The average molecular weight is 476 g/mol. The average Bonchev–Trinajstić information content (AvgIpc) is 3.46. The third kappa shape index (κ3) is 6.10. The van der Waals surface area contributed by atoms with E-state index in [1.54, 1.807) is 6.33 Å². The van der Waals surface area contributed by atoms with Crippen LogP contribution in [-0.2, 0) is 11.3 Å². The van der Waals surface area contributed by atoms with Gasteiger partial charge >= 0.3 is 0 Å². The normalized spacial score (nSPS) is 15.3. The highest BCUT2D eigenvalue weighted by Gasteiger charge is 2.20. The molecule has 3 aromatic rings. The Kier molecular flexibility index (Phi) is 7.66. The van der Waals surface area contributed by atoms with Gasteiger partial charge in [-0.15, -0.1) is 21.5 Å². The number of piperidine rings is 1. The highest BCUT2D eigenvalue weighted by Crippen LogP contribution is 2.24. The van der Waals surface area contributed by atoms with Crippen molar-refractivity contribution in [3.8, 4) is 5.69 Å². The van der Waals surface area contributed by atoms with Crippen molar-refractivity contribution in [2.45, 2.75) is 31.5 Å². The summed E-state index contributed by atoms with van der Waals surface area (Å²) >= 11 is 9.44. The quantitative estimate of drug-likeness (QED) is 0.489. The molecule has 3 heterocycles. The van der Waals surface area contributed by atoms with Crippen molar-refractivity contribution in [3.05, 3.63) is 57.5 Å². The molecule has 1 aliphatic heterocycles. The zero-order valence-electron chi connectivity index (χ0n) is 17.5. The van der Waals surface area contributed by atoms with Gasteiger partial charge < -0.3 is 5.32 Å². The van der Waals surface area contributed by atoms with Crippen LogP contribution in [0, 0.1) is 12.8 Å². The number of carbonyl (C=O) groups excluding carboxylic acids is 1. The Labute approximate surface area is 196 Å². The lowest BCUT2D eigenvalue weighted by Crippen LogP contribution is -2.38. The summed E-state index contributed by atoms with van der Waals surface area (Å²) in [6.07, 6.45) is 3.90. The number of hydrogen-bond acceptors (Lipinski definition) is 6. The monoisotopic (exact) mass is 475 g/mol. The van der Waals surface area contributed by atoms with E-state index in [1.165, 1.54) is 16.6 Å². The van der Waals surface area contributed by atoms with Gasteiger partial charge in [-0.3, -0.25) is 14.3 Å². The second-order valence-corrected chi connectivity index (χ2v) is 10.2. The summed E-state index contributed by atoms with van der Waals surface area (Å²) in [5.41, 5.74) is 1.90. The largest absolute Gasteiger partial charge is 0.355 e. The summed E-state index contributed by atoms with van der Waals surface area (Å²) in [4.78, 5) is 16.3. The van der Waals surface area contributed by atoms with E-state index in [0.717, 1.165) is 50.3 Å². The minimum atomic E-state index is 0.0301. The standard InChI is InChI=1S/C22H26ClN5OS2/c1-16-4-5-18(11-20(16)23)28-15-25-26-22(28)31-14-21(29)24-12-17-6-8-27(9-7-17)13-19-3-2-10-30-19/h2-5,10-11,15,17H,6-9,12-14H2,1H3,(H,24,29). The zero-order chi connectivity index (χ0) is 21.6. The fourth-order valence-electron chi connectivity index (χ4n) is 3.64. The van der Waals surface area contributed by atoms with Crippen molar-refractivity contribution >= 4 is 40.6 Å². The number of likely N-dealkylation sites (tertiary alicyclic amines) is 1. The molecule has 4 rings (SSSR count). The van der Waals surface area contributed by atoms with Crippen molar-refractivity contribution in [2.24, 2.45) is 5.92 Å². The van der Waals surface area contributed by atoms with E-state index in [0.29, 0.717) is 21.8 Å². The van der Waals surface area contributed by atoms with Gasteiger partial charge in [0.05, 0.1) is 11.4 Å². The number of carbonyl (C=O) groups is 1. The van der Waals surface area contributed by atoms with Gasteiger partial charge in [-0.05, 0) is 67.9 Å². The minimum Gasteiger partial charge on any atom is -0.355 e. The number of nitrogens with zero attached hydrogens (tertiary/aromatic N) is 4. The van der Waals surface area contributed by atoms with Crippen molar-refractivity contribution in [1.29, 1.82) is 0 Å². The lowest BCUT2D eigenvalue weighted by Gasteiger charge is -2.31. The van der Waals surface area contributed by atoms with Crippen LogP contribution in [0.3, 0.4) is 0 Å². The topological polar surface area (TPSA) is 63.1 Å². The predicted octanol–water partition coefficient (Wildman–Crippen LogP) is 4.41. The molecule has 6 nitrogen and oxygen atoms in total. The number of hydrogen-bond donors (Lipinski definition) is 1. The second kappa shape index (κ2) is 10.6. The fraction of sp³-hybridized carbons (Fsp3) is 0.409. The van der Waals surface area contributed by atoms with E-state index in [2.05, 4.69) is 37.9 Å². The van der Waals surface area contributed by atoms with E-state index >= 15 is 0 Å². The summed E-state index contributed by atoms with van der Waals surface area (Å²) in [5.74, 6) is 0.893. The summed E-state index contributed by atoms with van der Waals surface area (Å²) in [6.45, 7) is 5.93. The molecule has 1 fully saturated rings. The van der Waals surface area contributed by atoms with Crippen LogP contribution in [0.25, 0.3) is 5.69 Å². The van der Waals surface area contributed by atoms with Gasteiger partial charge in [-0.2, -0.15) is 0 Å². The van der Waals surface area contributed by atoms with E-state index in [9.17, 15) is 4.79 Å². The molecular formula is C22H26ClN5OS2. The van der Waals surface area contributed by atoms with Gasteiger partial charge in [-0.25, -0.2) is 0 Å². The number of thioether (sulfide) groups is 1. The van der Waals surface area contributed by atoms with Gasteiger partial charge in [-0.1, -0.05) is 35.5 Å². The maximum Gasteiger partial charge on any atom is 0.230 e. The van der Waals surface area contributed by atoms with Crippen LogP contribution in [0.4, 0.5) is 0 Å². The van der Waals surface area contributed by atoms with Gasteiger partial charge in [0.1, 0.15) is 6.33 Å². The minimum absolute atomic E-state index is 0.0301. The molecular weight excluding hydrogens is 450 g/mol. The van der Waals surface area contributed by atoms with Gasteiger partial charge in [0.25, 0.3) is 0 Å². The lowest BCUT2D eigenvalue weighted by molar-refractivity contribution is -0.118. The number of rotatable bonds is 8. The number of amides is 1. The van der Waals surface area contributed by atoms with Crippen LogP contribution in [-0.4, -0.2) is 51.0 Å². The molecule has 1 saturated heterocycles. The molecule has 1 aliphatic rings. The van der Waals surface area contributed by atoms with E-state index in [1.807, 2.05) is 41.0 Å². The number of thiophene rings is 1. The molecule has 0 saturated carbocycles. The smallest absolute Gasteiger partial charge is 0.230 e. The Morgan fingerprint density at radius 1 is 1.32 bits per heavy atom. The molecule has 0 radical (unpaired) electrons. The number of halogens is 1. The SMILES string of the molecule is Cc1ccc(-n2cnnc2SCC(=O)NCC2CCN(Cc3cccs3)CC2)cc1Cl. The van der Waals surface area contributed by atoms with Crippen molar-refractivity contribution in [3.63, 3.8) is 0 Å². The van der Waals surface area contributed by atoms with E-state index in [4.69, 9.17) is 11.6 Å². The highest BCUT2D eigenvalue weighted by atomic mass is 35.5. The van der Waals surface area contributed by atoms with Crippen molar-refractivity contribution in [2.75, 3.05) is 25.4 Å². The molecule has 1 aromatic carbocycles. The fourth-order valence-corrected chi connectivity index (χ4v) is 5.32. The summed E-state index contributed by atoms with van der Waals surface area (Å²) in [5, 5.41) is 14.8. The highest BCUT2D eigenvalue weighted by molar-refractivity contribution is 7.99. The third-order valence-corrected chi connectivity index (χ3v) is 7.75. The molecule has 1 amide bonds. The number of aryl methyl sites for hydroxylation is 1. The Morgan fingerprint density at radius 3 is 2.90 bits per heavy atom. The van der Waals surface area contributed by atoms with Crippen LogP contribution in [0.1, 0.15) is 23.3 Å². The lowest BCUT2D eigenvalue weighted by atomic mass is 9.97. The first-order valence-electron chi connectivity index (χ1n) is 10.4. The van der Waals surface area contributed by atoms with Crippen molar-refractivity contribution in [1.82, 2.24) is 25.0 Å². The number of benzene rings is 1. The molecule has 2 aromatic heterocycles. The van der Waals surface area contributed by atoms with Gasteiger partial charge in [0, 0.05) is 23.0 Å². The summed E-state index contributed by atoms with van der Waals surface area (Å²) in [7, 11) is 0. The van der Waals surface area contributed by atoms with Crippen molar-refractivity contribution < 1.29 is 4.79 Å². The number of aromatic nitrogens is 3. The Bertz CT molecular complexity index is 999. The first-order valence-corrected chi connectivity index (χ1v) is 12.6. The van der Waals surface area contributed by atoms with Crippen LogP contribution in [0.5, 0.6) is 0 Å². The first kappa shape index (κ1) is 22.3. The van der Waals surface area contributed by atoms with Crippen LogP contribution < -0.4 is 5.32 Å². The Balaban J connectivity index is 1.20. The first-order chi connectivity index (χ1) is 15.1. The predicted molar refractivity (Wildman–Crippen MR) is 127 cm³/mol. The maximum absolute atomic E-state index is 12.4. The molecule has 164 valence electrons. The van der Waals surface area contributed by atoms with Crippen LogP contribution >= 0.6 is 34.7 Å². The molecule has 0 spiro atoms.